The molecule has 0 fully saturated rings. The Kier molecular flexibility index (Phi) is 7.03. The first kappa shape index (κ1) is 19.8. The molecule has 1 aromatic heterocycles. The molecule has 2 rings (SSSR count). The van der Waals surface area contributed by atoms with Crippen LogP contribution in [0.3, 0.4) is 0 Å². The summed E-state index contributed by atoms with van der Waals surface area (Å²) in [6.07, 6.45) is 0.237. The number of nitrogens with zero attached hydrogens (tertiary/aromatic N) is 1. The van der Waals surface area contributed by atoms with Gasteiger partial charge in [0.15, 0.2) is 11.5 Å². The number of benzene rings is 1. The van der Waals surface area contributed by atoms with Crippen LogP contribution >= 0.6 is 0 Å². The average Bonchev–Trinajstić information content (AvgIpc) is 2.93. The molecule has 1 atom stereocenters. The third kappa shape index (κ3) is 4.98. The highest BCUT2D eigenvalue weighted by Gasteiger charge is 2.17. The van der Waals surface area contributed by atoms with E-state index in [9.17, 15) is 4.79 Å². The Hall–Kier alpha value is -2.54. The van der Waals surface area contributed by atoms with Gasteiger partial charge in [0.25, 0.3) is 0 Å². The highest BCUT2D eigenvalue weighted by Crippen LogP contribution is 2.30. The fourth-order valence-electron chi connectivity index (χ4n) is 2.60. The lowest BCUT2D eigenvalue weighted by molar-refractivity contribution is -0.121. The van der Waals surface area contributed by atoms with Crippen LogP contribution in [0.4, 0.5) is 0 Å². The lowest BCUT2D eigenvalue weighted by Gasteiger charge is -2.17. The van der Waals surface area contributed by atoms with Gasteiger partial charge in [-0.1, -0.05) is 11.2 Å². The minimum atomic E-state index is -0.176. The van der Waals surface area contributed by atoms with Crippen molar-refractivity contribution in [2.24, 2.45) is 0 Å². The normalized spacial score (nSPS) is 11.9. The second kappa shape index (κ2) is 9.24. The summed E-state index contributed by atoms with van der Waals surface area (Å²) in [7, 11) is 3.21. The Balaban J connectivity index is 2.02. The summed E-state index contributed by atoms with van der Waals surface area (Å²) < 4.78 is 21.1. The first-order valence-electron chi connectivity index (χ1n) is 8.47. The molecule has 2 aromatic rings. The standard InChI is InChI=1S/C19H26N2O5/c1-12(20-19(22)11-16-13(2)21-26-14(16)3)15-6-7-17(18(10-15)24-5)25-9-8-23-4/h6-7,10,12H,8-9,11H2,1-5H3,(H,20,22). The van der Waals surface area contributed by atoms with E-state index in [0.717, 1.165) is 16.8 Å². The van der Waals surface area contributed by atoms with Gasteiger partial charge < -0.3 is 24.1 Å². The van der Waals surface area contributed by atoms with Gasteiger partial charge in [-0.2, -0.15) is 0 Å². The number of hydrogen-bond donors (Lipinski definition) is 1. The van der Waals surface area contributed by atoms with Crippen LogP contribution in [-0.4, -0.2) is 38.5 Å². The summed E-state index contributed by atoms with van der Waals surface area (Å²) in [5.74, 6) is 1.84. The number of aryl methyl sites for hydroxylation is 2. The number of aromatic nitrogens is 1. The van der Waals surface area contributed by atoms with E-state index < -0.39 is 0 Å². The number of hydrogen-bond acceptors (Lipinski definition) is 6. The monoisotopic (exact) mass is 362 g/mol. The maximum Gasteiger partial charge on any atom is 0.225 e. The fourth-order valence-corrected chi connectivity index (χ4v) is 2.60. The van der Waals surface area contributed by atoms with E-state index in [1.807, 2.05) is 32.0 Å². The van der Waals surface area contributed by atoms with Gasteiger partial charge in [0.05, 0.1) is 31.9 Å². The Labute approximate surface area is 153 Å². The summed E-state index contributed by atoms with van der Waals surface area (Å²) in [5, 5.41) is 6.86. The quantitative estimate of drug-likeness (QED) is 0.691. The van der Waals surface area contributed by atoms with Gasteiger partial charge >= 0.3 is 0 Å². The van der Waals surface area contributed by atoms with Gasteiger partial charge in [0.2, 0.25) is 5.91 Å². The topological polar surface area (TPSA) is 82.8 Å². The smallest absolute Gasteiger partial charge is 0.225 e. The largest absolute Gasteiger partial charge is 0.493 e. The first-order valence-corrected chi connectivity index (χ1v) is 8.47. The van der Waals surface area contributed by atoms with Gasteiger partial charge in [-0.15, -0.1) is 0 Å². The summed E-state index contributed by atoms with van der Waals surface area (Å²) in [4.78, 5) is 12.3. The molecular formula is C19H26N2O5. The Morgan fingerprint density at radius 1 is 1.23 bits per heavy atom. The molecule has 1 amide bonds. The third-order valence-corrected chi connectivity index (χ3v) is 4.13. The van der Waals surface area contributed by atoms with Crippen molar-refractivity contribution in [1.82, 2.24) is 10.5 Å². The van der Waals surface area contributed by atoms with E-state index in [-0.39, 0.29) is 18.4 Å². The zero-order valence-electron chi connectivity index (χ0n) is 15.9. The van der Waals surface area contributed by atoms with Crippen LogP contribution < -0.4 is 14.8 Å². The van der Waals surface area contributed by atoms with Gasteiger partial charge in [0.1, 0.15) is 12.4 Å². The summed E-state index contributed by atoms with van der Waals surface area (Å²) in [6, 6.07) is 5.43. The molecule has 0 radical (unpaired) electrons. The van der Waals surface area contributed by atoms with Crippen molar-refractivity contribution in [2.75, 3.05) is 27.4 Å². The van der Waals surface area contributed by atoms with E-state index in [1.165, 1.54) is 0 Å². The van der Waals surface area contributed by atoms with E-state index >= 15 is 0 Å². The van der Waals surface area contributed by atoms with E-state index in [0.29, 0.717) is 30.5 Å². The summed E-state index contributed by atoms with van der Waals surface area (Å²) in [6.45, 7) is 6.50. The Morgan fingerprint density at radius 2 is 2.00 bits per heavy atom. The third-order valence-electron chi connectivity index (χ3n) is 4.13. The number of nitrogens with one attached hydrogen (secondary N) is 1. The fraction of sp³-hybridized carbons (Fsp3) is 0.474. The molecule has 1 heterocycles. The van der Waals surface area contributed by atoms with Crippen LogP contribution in [0.2, 0.25) is 0 Å². The van der Waals surface area contributed by atoms with E-state index in [1.54, 1.807) is 21.1 Å². The molecule has 7 heteroatoms. The number of methoxy groups -OCH3 is 2. The van der Waals surface area contributed by atoms with Crippen LogP contribution in [0.15, 0.2) is 22.7 Å². The number of amides is 1. The van der Waals surface area contributed by atoms with E-state index in [4.69, 9.17) is 18.7 Å². The summed E-state index contributed by atoms with van der Waals surface area (Å²) in [5.41, 5.74) is 2.49. The van der Waals surface area contributed by atoms with Crippen molar-refractivity contribution in [3.8, 4) is 11.5 Å². The lowest BCUT2D eigenvalue weighted by Crippen LogP contribution is -2.28. The molecule has 0 saturated carbocycles. The van der Waals surface area contributed by atoms with Crippen LogP contribution in [0.1, 0.15) is 35.5 Å². The van der Waals surface area contributed by atoms with Crippen LogP contribution in [-0.2, 0) is 16.0 Å². The highest BCUT2D eigenvalue weighted by molar-refractivity contribution is 5.79. The lowest BCUT2D eigenvalue weighted by atomic mass is 10.1. The second-order valence-electron chi connectivity index (χ2n) is 6.02. The zero-order valence-corrected chi connectivity index (χ0v) is 15.9. The molecule has 142 valence electrons. The van der Waals surface area contributed by atoms with Gasteiger partial charge in [-0.25, -0.2) is 0 Å². The van der Waals surface area contributed by atoms with Crippen molar-refractivity contribution in [2.45, 2.75) is 33.2 Å². The SMILES string of the molecule is COCCOc1ccc(C(C)NC(=O)Cc2c(C)noc2C)cc1OC. The van der Waals surface area contributed by atoms with Gasteiger partial charge in [-0.3, -0.25) is 4.79 Å². The van der Waals surface area contributed by atoms with Crippen molar-refractivity contribution in [3.63, 3.8) is 0 Å². The average molecular weight is 362 g/mol. The predicted octanol–water partition coefficient (Wildman–Crippen LogP) is 2.75. The Bertz CT molecular complexity index is 722. The van der Waals surface area contributed by atoms with Crippen molar-refractivity contribution < 1.29 is 23.5 Å². The first-order chi connectivity index (χ1) is 12.5. The molecule has 0 aliphatic carbocycles. The van der Waals surface area contributed by atoms with Crippen LogP contribution in [0, 0.1) is 13.8 Å². The predicted molar refractivity (Wildman–Crippen MR) is 96.6 cm³/mol. The molecule has 0 saturated heterocycles. The van der Waals surface area contributed by atoms with Crippen molar-refractivity contribution in [1.29, 1.82) is 0 Å². The zero-order chi connectivity index (χ0) is 19.1. The molecule has 7 nitrogen and oxygen atoms in total. The molecule has 1 aromatic carbocycles. The van der Waals surface area contributed by atoms with Crippen LogP contribution in [0.25, 0.3) is 0 Å². The van der Waals surface area contributed by atoms with Gasteiger partial charge in [-0.05, 0) is 38.5 Å². The number of carbonyl (C=O) groups is 1. The molecule has 0 aliphatic heterocycles. The molecule has 0 aliphatic rings. The summed E-state index contributed by atoms with van der Waals surface area (Å²) >= 11 is 0. The molecule has 1 unspecified atom stereocenters. The number of rotatable bonds is 9. The molecule has 0 bridgehead atoms. The molecule has 1 N–H and O–H groups in total. The van der Waals surface area contributed by atoms with Gasteiger partial charge in [0, 0.05) is 12.7 Å². The Morgan fingerprint density at radius 3 is 2.62 bits per heavy atom. The molecule has 26 heavy (non-hydrogen) atoms. The van der Waals surface area contributed by atoms with Crippen LogP contribution in [0.5, 0.6) is 11.5 Å². The van der Waals surface area contributed by atoms with Crippen molar-refractivity contribution >= 4 is 5.91 Å². The maximum absolute atomic E-state index is 12.3. The minimum absolute atomic E-state index is 0.0914. The minimum Gasteiger partial charge on any atom is -0.493 e. The number of carbonyl (C=O) groups excluding carboxylic acids is 1. The molecular weight excluding hydrogens is 336 g/mol. The van der Waals surface area contributed by atoms with Crippen molar-refractivity contribution in [3.05, 3.63) is 40.8 Å². The second-order valence-corrected chi connectivity index (χ2v) is 6.02. The highest BCUT2D eigenvalue weighted by atomic mass is 16.5. The maximum atomic E-state index is 12.3. The van der Waals surface area contributed by atoms with E-state index in [2.05, 4.69) is 10.5 Å². The molecule has 0 spiro atoms. The number of ether oxygens (including phenoxy) is 3.